The van der Waals surface area contributed by atoms with Gasteiger partial charge >= 0.3 is 0 Å². The van der Waals surface area contributed by atoms with Gasteiger partial charge in [-0.05, 0) is 56.9 Å². The Morgan fingerprint density at radius 1 is 1.06 bits per heavy atom. The molecule has 0 bridgehead atoms. The number of ether oxygens (including phenoxy) is 1. The standard InChI is InChI=1S/C16H24O/c1-6-14(7-2)13(5)15-8-10-16(11-9-15)17-12(3)4/h8-12H,6-7H2,1-5H3. The first-order chi connectivity index (χ1) is 8.08. The van der Waals surface area contributed by atoms with Crippen LogP contribution in [0.15, 0.2) is 29.8 Å². The molecule has 1 nitrogen and oxygen atoms in total. The van der Waals surface area contributed by atoms with E-state index in [1.807, 2.05) is 13.8 Å². The highest BCUT2D eigenvalue weighted by Gasteiger charge is 2.03. The van der Waals surface area contributed by atoms with Crippen LogP contribution >= 0.6 is 0 Å². The Morgan fingerprint density at radius 3 is 2.00 bits per heavy atom. The molecule has 94 valence electrons. The van der Waals surface area contributed by atoms with E-state index in [4.69, 9.17) is 4.74 Å². The quantitative estimate of drug-likeness (QED) is 0.689. The van der Waals surface area contributed by atoms with Gasteiger partial charge in [0.05, 0.1) is 6.10 Å². The van der Waals surface area contributed by atoms with E-state index in [-0.39, 0.29) is 6.10 Å². The first kappa shape index (κ1) is 13.8. The van der Waals surface area contributed by atoms with Gasteiger partial charge in [0.2, 0.25) is 0 Å². The fraction of sp³-hybridized carbons (Fsp3) is 0.500. The van der Waals surface area contributed by atoms with Gasteiger partial charge in [0.15, 0.2) is 0 Å². The molecule has 0 saturated carbocycles. The molecule has 0 N–H and O–H groups in total. The monoisotopic (exact) mass is 232 g/mol. The van der Waals surface area contributed by atoms with Crippen LogP contribution in [0.4, 0.5) is 0 Å². The van der Waals surface area contributed by atoms with Gasteiger partial charge in [-0.2, -0.15) is 0 Å². The summed E-state index contributed by atoms with van der Waals surface area (Å²) in [4.78, 5) is 0. The Hall–Kier alpha value is -1.24. The van der Waals surface area contributed by atoms with Crippen molar-refractivity contribution < 1.29 is 4.74 Å². The average molecular weight is 232 g/mol. The van der Waals surface area contributed by atoms with Gasteiger partial charge in [-0.1, -0.05) is 31.6 Å². The van der Waals surface area contributed by atoms with Crippen LogP contribution in [-0.4, -0.2) is 6.10 Å². The first-order valence-electron chi connectivity index (χ1n) is 6.54. The molecule has 1 heteroatoms. The molecule has 1 aromatic rings. The second-order valence-electron chi connectivity index (χ2n) is 4.63. The van der Waals surface area contributed by atoms with Gasteiger partial charge < -0.3 is 4.74 Å². The molecule has 0 aliphatic rings. The molecule has 0 aromatic heterocycles. The largest absolute Gasteiger partial charge is 0.491 e. The molecule has 0 aliphatic carbocycles. The molecular weight excluding hydrogens is 208 g/mol. The maximum Gasteiger partial charge on any atom is 0.119 e. The fourth-order valence-electron chi connectivity index (χ4n) is 2.04. The molecule has 0 aliphatic heterocycles. The van der Waals surface area contributed by atoms with Gasteiger partial charge in [-0.3, -0.25) is 0 Å². The predicted molar refractivity (Wildman–Crippen MR) is 75.4 cm³/mol. The summed E-state index contributed by atoms with van der Waals surface area (Å²) in [6.45, 7) is 10.7. The van der Waals surface area contributed by atoms with Crippen LogP contribution in [-0.2, 0) is 0 Å². The lowest BCUT2D eigenvalue weighted by Crippen LogP contribution is -2.05. The minimum Gasteiger partial charge on any atom is -0.491 e. The van der Waals surface area contributed by atoms with E-state index in [2.05, 4.69) is 45.0 Å². The van der Waals surface area contributed by atoms with E-state index in [0.717, 1.165) is 18.6 Å². The molecule has 0 unspecified atom stereocenters. The number of hydrogen-bond acceptors (Lipinski definition) is 1. The van der Waals surface area contributed by atoms with E-state index in [1.165, 1.54) is 16.7 Å². The first-order valence-corrected chi connectivity index (χ1v) is 6.54. The minimum atomic E-state index is 0.235. The number of allylic oxidation sites excluding steroid dienone is 2. The lowest BCUT2D eigenvalue weighted by molar-refractivity contribution is 0.242. The zero-order valence-corrected chi connectivity index (χ0v) is 11.7. The Bertz CT molecular complexity index is 365. The maximum atomic E-state index is 5.65. The van der Waals surface area contributed by atoms with Crippen LogP contribution in [0.2, 0.25) is 0 Å². The van der Waals surface area contributed by atoms with Crippen molar-refractivity contribution >= 4 is 5.57 Å². The van der Waals surface area contributed by atoms with Crippen LogP contribution in [0.5, 0.6) is 5.75 Å². The van der Waals surface area contributed by atoms with Crippen molar-refractivity contribution in [2.75, 3.05) is 0 Å². The van der Waals surface area contributed by atoms with Crippen molar-refractivity contribution in [2.45, 2.75) is 53.6 Å². The van der Waals surface area contributed by atoms with E-state index >= 15 is 0 Å². The third kappa shape index (κ3) is 3.92. The summed E-state index contributed by atoms with van der Waals surface area (Å²) in [6.07, 6.45) is 2.50. The number of rotatable bonds is 5. The molecule has 0 saturated heterocycles. The van der Waals surface area contributed by atoms with Crippen LogP contribution in [0.1, 0.15) is 53.0 Å². The summed E-state index contributed by atoms with van der Waals surface area (Å²) in [5.74, 6) is 0.950. The summed E-state index contributed by atoms with van der Waals surface area (Å²) in [5, 5.41) is 0. The Balaban J connectivity index is 2.90. The smallest absolute Gasteiger partial charge is 0.119 e. The highest BCUT2D eigenvalue weighted by molar-refractivity contribution is 5.67. The van der Waals surface area contributed by atoms with E-state index in [9.17, 15) is 0 Å². The van der Waals surface area contributed by atoms with E-state index in [1.54, 1.807) is 0 Å². The second kappa shape index (κ2) is 6.48. The van der Waals surface area contributed by atoms with Gasteiger partial charge in [0.25, 0.3) is 0 Å². The summed E-state index contributed by atoms with van der Waals surface area (Å²) in [5.41, 5.74) is 4.24. The van der Waals surface area contributed by atoms with Gasteiger partial charge in [-0.15, -0.1) is 0 Å². The van der Waals surface area contributed by atoms with Crippen molar-refractivity contribution in [3.8, 4) is 5.75 Å². The van der Waals surface area contributed by atoms with Crippen molar-refractivity contribution in [3.05, 3.63) is 35.4 Å². The molecule has 0 atom stereocenters. The Morgan fingerprint density at radius 2 is 1.59 bits per heavy atom. The average Bonchev–Trinajstić information content (AvgIpc) is 2.30. The van der Waals surface area contributed by atoms with Crippen LogP contribution in [0.25, 0.3) is 5.57 Å². The lowest BCUT2D eigenvalue weighted by Gasteiger charge is -2.12. The molecule has 0 spiro atoms. The molecule has 0 amide bonds. The van der Waals surface area contributed by atoms with Crippen LogP contribution in [0.3, 0.4) is 0 Å². The Kier molecular flexibility index (Phi) is 5.27. The topological polar surface area (TPSA) is 9.23 Å². The highest BCUT2D eigenvalue weighted by atomic mass is 16.5. The zero-order valence-electron chi connectivity index (χ0n) is 11.7. The van der Waals surface area contributed by atoms with E-state index in [0.29, 0.717) is 0 Å². The number of benzene rings is 1. The third-order valence-corrected chi connectivity index (χ3v) is 3.04. The maximum absolute atomic E-state index is 5.65. The summed E-state index contributed by atoms with van der Waals surface area (Å²) >= 11 is 0. The SMILES string of the molecule is CCC(CC)=C(C)c1ccc(OC(C)C)cc1. The number of hydrogen-bond donors (Lipinski definition) is 0. The second-order valence-corrected chi connectivity index (χ2v) is 4.63. The molecule has 1 rings (SSSR count). The highest BCUT2D eigenvalue weighted by Crippen LogP contribution is 2.24. The van der Waals surface area contributed by atoms with Crippen molar-refractivity contribution in [1.82, 2.24) is 0 Å². The van der Waals surface area contributed by atoms with Crippen LogP contribution < -0.4 is 4.74 Å². The molecule has 0 heterocycles. The van der Waals surface area contributed by atoms with Gasteiger partial charge in [0, 0.05) is 0 Å². The van der Waals surface area contributed by atoms with Crippen molar-refractivity contribution in [1.29, 1.82) is 0 Å². The van der Waals surface area contributed by atoms with Crippen LogP contribution in [0, 0.1) is 0 Å². The lowest BCUT2D eigenvalue weighted by atomic mass is 9.98. The molecular formula is C16H24O. The summed E-state index contributed by atoms with van der Waals surface area (Å²) in [6, 6.07) is 8.42. The van der Waals surface area contributed by atoms with Crippen molar-refractivity contribution in [2.24, 2.45) is 0 Å². The van der Waals surface area contributed by atoms with Crippen molar-refractivity contribution in [3.63, 3.8) is 0 Å². The molecule has 0 radical (unpaired) electrons. The molecule has 0 fully saturated rings. The Labute approximate surface area is 106 Å². The molecule has 17 heavy (non-hydrogen) atoms. The van der Waals surface area contributed by atoms with Gasteiger partial charge in [0.1, 0.15) is 5.75 Å². The fourth-order valence-corrected chi connectivity index (χ4v) is 2.04. The third-order valence-electron chi connectivity index (χ3n) is 3.04. The predicted octanol–water partition coefficient (Wildman–Crippen LogP) is 5.07. The summed E-state index contributed by atoms with van der Waals surface area (Å²) < 4.78 is 5.65. The van der Waals surface area contributed by atoms with E-state index < -0.39 is 0 Å². The van der Waals surface area contributed by atoms with Gasteiger partial charge in [-0.25, -0.2) is 0 Å². The zero-order chi connectivity index (χ0) is 12.8. The minimum absolute atomic E-state index is 0.235. The normalized spacial score (nSPS) is 10.5. The summed E-state index contributed by atoms with van der Waals surface area (Å²) in [7, 11) is 0. The molecule has 1 aromatic carbocycles.